The molecular weight excluding hydrogens is 184 g/mol. The van der Waals surface area contributed by atoms with Crippen LogP contribution in [0.15, 0.2) is 30.6 Å². The van der Waals surface area contributed by atoms with E-state index in [0.29, 0.717) is 0 Å². The number of aromatic nitrogens is 2. The van der Waals surface area contributed by atoms with E-state index in [1.54, 1.807) is 12.4 Å². The summed E-state index contributed by atoms with van der Waals surface area (Å²) in [6, 6.07) is 5.94. The maximum absolute atomic E-state index is 4.22. The minimum Gasteiger partial charge on any atom is -0.259 e. The van der Waals surface area contributed by atoms with E-state index in [0.717, 1.165) is 16.6 Å². The van der Waals surface area contributed by atoms with Crippen LogP contribution in [0.3, 0.4) is 0 Å². The minimum absolute atomic E-state index is 0.989. The Bertz CT molecular complexity index is 378. The van der Waals surface area contributed by atoms with Gasteiger partial charge in [0.15, 0.2) is 0 Å². The summed E-state index contributed by atoms with van der Waals surface area (Å²) in [5, 5.41) is 1.15. The molecule has 2 rings (SSSR count). The molecule has 0 spiro atoms. The number of fused-ring (bicyclic) bond motifs is 1. The number of aryl methyl sites for hydroxylation is 1. The van der Waals surface area contributed by atoms with E-state index in [-0.39, 0.29) is 0 Å². The van der Waals surface area contributed by atoms with Crippen LogP contribution in [0, 0.1) is 6.92 Å². The van der Waals surface area contributed by atoms with Crippen LogP contribution in [-0.4, -0.2) is 9.97 Å². The van der Waals surface area contributed by atoms with Crippen molar-refractivity contribution in [2.24, 2.45) is 0 Å². The van der Waals surface area contributed by atoms with Gasteiger partial charge in [-0.1, -0.05) is 33.8 Å². The average Bonchev–Trinajstić information content (AvgIpc) is 2.35. The molecule has 0 aliphatic carbocycles. The molecule has 0 bridgehead atoms. The quantitative estimate of drug-likeness (QED) is 0.648. The van der Waals surface area contributed by atoms with E-state index in [1.165, 1.54) is 0 Å². The lowest BCUT2D eigenvalue weighted by Gasteiger charge is -1.96. The topological polar surface area (TPSA) is 25.8 Å². The number of pyridine rings is 2. The molecule has 2 heteroatoms. The van der Waals surface area contributed by atoms with E-state index in [9.17, 15) is 0 Å². The molecule has 2 nitrogen and oxygen atoms in total. The van der Waals surface area contributed by atoms with Crippen molar-refractivity contribution >= 4 is 10.9 Å². The van der Waals surface area contributed by atoms with Crippen LogP contribution >= 0.6 is 0 Å². The zero-order chi connectivity index (χ0) is 11.7. The summed E-state index contributed by atoms with van der Waals surface area (Å²) in [5.74, 6) is 0. The van der Waals surface area contributed by atoms with Crippen LogP contribution in [0.25, 0.3) is 10.9 Å². The van der Waals surface area contributed by atoms with Crippen molar-refractivity contribution in [1.29, 1.82) is 0 Å². The predicted molar refractivity (Wildman–Crippen MR) is 67.0 cm³/mol. The molecule has 15 heavy (non-hydrogen) atoms. The fraction of sp³-hybridized carbons (Fsp3) is 0.385. The van der Waals surface area contributed by atoms with Gasteiger partial charge in [0.25, 0.3) is 0 Å². The first kappa shape index (κ1) is 13.6. The summed E-state index contributed by atoms with van der Waals surface area (Å²) in [6.07, 6.45) is 3.59. The molecule has 0 atom stereocenters. The van der Waals surface area contributed by atoms with Crippen molar-refractivity contribution in [2.75, 3.05) is 0 Å². The van der Waals surface area contributed by atoms with Gasteiger partial charge >= 0.3 is 0 Å². The van der Waals surface area contributed by atoms with E-state index in [4.69, 9.17) is 0 Å². The first-order valence-corrected chi connectivity index (χ1v) is 5.54. The first-order valence-electron chi connectivity index (χ1n) is 5.54. The van der Waals surface area contributed by atoms with Crippen molar-refractivity contribution in [1.82, 2.24) is 9.97 Å². The molecule has 2 aromatic rings. The summed E-state index contributed by atoms with van der Waals surface area (Å²) < 4.78 is 0. The van der Waals surface area contributed by atoms with Crippen LogP contribution in [0.2, 0.25) is 0 Å². The maximum Gasteiger partial charge on any atom is 0.0914 e. The number of hydrogen-bond donors (Lipinski definition) is 0. The first-order chi connectivity index (χ1) is 7.38. The van der Waals surface area contributed by atoms with Gasteiger partial charge < -0.3 is 0 Å². The Labute approximate surface area is 92.4 Å². The zero-order valence-corrected chi connectivity index (χ0v) is 10.3. The van der Waals surface area contributed by atoms with Crippen molar-refractivity contribution in [3.05, 3.63) is 36.3 Å². The lowest BCUT2D eigenvalue weighted by Crippen LogP contribution is -1.84. The van der Waals surface area contributed by atoms with Crippen molar-refractivity contribution in [3.63, 3.8) is 0 Å². The lowest BCUT2D eigenvalue weighted by atomic mass is 10.2. The second-order valence-corrected chi connectivity index (χ2v) is 2.47. The molecule has 0 aliphatic rings. The highest BCUT2D eigenvalue weighted by atomic mass is 14.7. The summed E-state index contributed by atoms with van der Waals surface area (Å²) >= 11 is 0. The standard InChI is InChI=1S/C9H8N2.2C2H6/c1-7-9-8(4-6-10-7)3-2-5-11-9;2*1-2/h2-6H,1H3;2*1-2H3. The highest BCUT2D eigenvalue weighted by Gasteiger charge is 1.95. The van der Waals surface area contributed by atoms with Gasteiger partial charge in [-0.3, -0.25) is 9.97 Å². The lowest BCUT2D eigenvalue weighted by molar-refractivity contribution is 1.20. The Balaban J connectivity index is 0.000000442. The maximum atomic E-state index is 4.22. The molecule has 0 saturated carbocycles. The Kier molecular flexibility index (Phi) is 7.16. The van der Waals surface area contributed by atoms with Gasteiger partial charge in [0.05, 0.1) is 11.2 Å². The predicted octanol–water partition coefficient (Wildman–Crippen LogP) is 3.99. The number of nitrogens with zero attached hydrogens (tertiary/aromatic N) is 2. The molecule has 0 fully saturated rings. The molecule has 0 saturated heterocycles. The SMILES string of the molecule is CC.CC.Cc1nccc2cccnc12. The van der Waals surface area contributed by atoms with Crippen LogP contribution in [0.1, 0.15) is 33.4 Å². The minimum atomic E-state index is 0.989. The second-order valence-electron chi connectivity index (χ2n) is 2.47. The fourth-order valence-corrected chi connectivity index (χ4v) is 1.15. The van der Waals surface area contributed by atoms with Crippen molar-refractivity contribution < 1.29 is 0 Å². The Hall–Kier alpha value is -1.44. The molecule has 0 unspecified atom stereocenters. The largest absolute Gasteiger partial charge is 0.259 e. The molecule has 2 heterocycles. The van der Waals surface area contributed by atoms with Crippen molar-refractivity contribution in [2.45, 2.75) is 34.6 Å². The van der Waals surface area contributed by atoms with Gasteiger partial charge in [0.1, 0.15) is 0 Å². The molecule has 0 aromatic carbocycles. The third-order valence-electron chi connectivity index (χ3n) is 1.70. The van der Waals surface area contributed by atoms with Crippen LogP contribution in [0.4, 0.5) is 0 Å². The van der Waals surface area contributed by atoms with E-state index < -0.39 is 0 Å². The number of rotatable bonds is 0. The molecule has 82 valence electrons. The third-order valence-corrected chi connectivity index (χ3v) is 1.70. The molecular formula is C13H20N2. The zero-order valence-electron chi connectivity index (χ0n) is 10.3. The average molecular weight is 204 g/mol. The van der Waals surface area contributed by atoms with E-state index >= 15 is 0 Å². The number of hydrogen-bond acceptors (Lipinski definition) is 2. The Morgan fingerprint density at radius 2 is 1.53 bits per heavy atom. The normalized spacial score (nSPS) is 8.33. The third kappa shape index (κ3) is 3.66. The van der Waals surface area contributed by atoms with Crippen molar-refractivity contribution in [3.8, 4) is 0 Å². The van der Waals surface area contributed by atoms with Gasteiger partial charge in [0, 0.05) is 17.8 Å². The summed E-state index contributed by atoms with van der Waals surface area (Å²) in [7, 11) is 0. The second kappa shape index (κ2) is 7.92. The van der Waals surface area contributed by atoms with Gasteiger partial charge in [0.2, 0.25) is 0 Å². The molecule has 0 radical (unpaired) electrons. The van der Waals surface area contributed by atoms with Crippen LogP contribution in [-0.2, 0) is 0 Å². The smallest absolute Gasteiger partial charge is 0.0914 e. The summed E-state index contributed by atoms with van der Waals surface area (Å²) in [5.41, 5.74) is 1.98. The van der Waals surface area contributed by atoms with Gasteiger partial charge in [-0.05, 0) is 19.1 Å². The van der Waals surface area contributed by atoms with E-state index in [1.807, 2.05) is 52.8 Å². The van der Waals surface area contributed by atoms with Gasteiger partial charge in [-0.15, -0.1) is 0 Å². The highest BCUT2D eigenvalue weighted by molar-refractivity contribution is 5.79. The van der Waals surface area contributed by atoms with E-state index in [2.05, 4.69) is 9.97 Å². The monoisotopic (exact) mass is 204 g/mol. The Morgan fingerprint density at radius 3 is 2.13 bits per heavy atom. The summed E-state index contributed by atoms with van der Waals surface area (Å²) in [6.45, 7) is 9.97. The van der Waals surface area contributed by atoms with Crippen LogP contribution in [0.5, 0.6) is 0 Å². The van der Waals surface area contributed by atoms with Gasteiger partial charge in [-0.2, -0.15) is 0 Å². The molecule has 0 N–H and O–H groups in total. The summed E-state index contributed by atoms with van der Waals surface area (Å²) in [4.78, 5) is 8.36. The van der Waals surface area contributed by atoms with Crippen LogP contribution < -0.4 is 0 Å². The molecule has 0 aliphatic heterocycles. The van der Waals surface area contributed by atoms with Gasteiger partial charge in [-0.25, -0.2) is 0 Å². The molecule has 2 aromatic heterocycles. The Morgan fingerprint density at radius 1 is 0.867 bits per heavy atom. The fourth-order valence-electron chi connectivity index (χ4n) is 1.15. The molecule has 0 amide bonds. The highest BCUT2D eigenvalue weighted by Crippen LogP contribution is 2.11.